The molecule has 9 heteroatoms. The minimum Gasteiger partial charge on any atom is -0.481 e. The molecule has 0 unspecified atom stereocenters. The average Bonchev–Trinajstić information content (AvgIpc) is 3.09. The number of H-pyrrole nitrogens is 1. The lowest BCUT2D eigenvalue weighted by Gasteiger charge is -1.99. The van der Waals surface area contributed by atoms with Crippen molar-refractivity contribution in [1.82, 2.24) is 19.6 Å². The second kappa shape index (κ2) is 4.27. The van der Waals surface area contributed by atoms with Gasteiger partial charge in [-0.2, -0.15) is 4.98 Å². The number of aromatic nitrogens is 4. The second-order valence-corrected chi connectivity index (χ2v) is 4.58. The van der Waals surface area contributed by atoms with Gasteiger partial charge in [-0.25, -0.2) is 9.50 Å². The molecule has 0 spiro atoms. The van der Waals surface area contributed by atoms with Crippen molar-refractivity contribution in [3.63, 3.8) is 0 Å². The summed E-state index contributed by atoms with van der Waals surface area (Å²) in [5.74, 6) is 1.43. The largest absolute Gasteiger partial charge is 0.481 e. The first kappa shape index (κ1) is 11.8. The summed E-state index contributed by atoms with van der Waals surface area (Å²) in [4.78, 5) is 19.1. The molecule has 0 bridgehead atoms. The molecule has 1 aliphatic rings. The van der Waals surface area contributed by atoms with Crippen LogP contribution in [0.5, 0.6) is 11.5 Å². The van der Waals surface area contributed by atoms with Gasteiger partial charge in [0.2, 0.25) is 12.7 Å². The molecule has 3 aromatic rings. The molecule has 4 rings (SSSR count). The van der Waals surface area contributed by atoms with Gasteiger partial charge >= 0.3 is 5.97 Å². The standard InChI is InChI=1S/C12H11N5O4/c18-10(19)1-2-13-11-15-12-14-6-3-8-9(21-5-20-8)4-7(6)17(12)16-11/h3-4H,1-2,5H2,(H,18,19)(H2,13,14,15,16). The molecule has 3 N–H and O–H groups in total. The van der Waals surface area contributed by atoms with Gasteiger partial charge in [0.1, 0.15) is 0 Å². The van der Waals surface area contributed by atoms with Crippen LogP contribution in [0.4, 0.5) is 5.95 Å². The molecular weight excluding hydrogens is 278 g/mol. The van der Waals surface area contributed by atoms with E-state index in [1.165, 1.54) is 0 Å². The Bertz CT molecular complexity index is 852. The number of nitrogens with one attached hydrogen (secondary N) is 2. The van der Waals surface area contributed by atoms with E-state index in [1.54, 1.807) is 10.6 Å². The average molecular weight is 289 g/mol. The lowest BCUT2D eigenvalue weighted by atomic mass is 10.3. The van der Waals surface area contributed by atoms with Crippen LogP contribution in [-0.4, -0.2) is 44.0 Å². The molecule has 0 saturated carbocycles. The number of aromatic amines is 1. The van der Waals surface area contributed by atoms with Crippen LogP contribution in [0.25, 0.3) is 16.8 Å². The van der Waals surface area contributed by atoms with Crippen molar-refractivity contribution in [1.29, 1.82) is 0 Å². The molecule has 0 atom stereocenters. The number of hydrogen-bond acceptors (Lipinski definition) is 6. The number of fused-ring (bicyclic) bond motifs is 4. The molecule has 1 aromatic carbocycles. The van der Waals surface area contributed by atoms with Gasteiger partial charge in [-0.05, 0) is 0 Å². The van der Waals surface area contributed by atoms with Crippen molar-refractivity contribution >= 4 is 28.7 Å². The molecule has 0 amide bonds. The first-order valence-corrected chi connectivity index (χ1v) is 6.34. The van der Waals surface area contributed by atoms with E-state index < -0.39 is 5.97 Å². The fraction of sp³-hybridized carbons (Fsp3) is 0.250. The summed E-state index contributed by atoms with van der Waals surface area (Å²) >= 11 is 0. The first-order valence-electron chi connectivity index (χ1n) is 6.34. The summed E-state index contributed by atoms with van der Waals surface area (Å²) in [5.41, 5.74) is 1.56. The number of nitrogens with zero attached hydrogens (tertiary/aromatic N) is 3. The number of carboxylic acid groups (broad SMARTS) is 1. The summed E-state index contributed by atoms with van der Waals surface area (Å²) in [7, 11) is 0. The van der Waals surface area contributed by atoms with Crippen LogP contribution in [0, 0.1) is 0 Å². The number of anilines is 1. The summed E-state index contributed by atoms with van der Waals surface area (Å²) in [5, 5.41) is 14.5. The summed E-state index contributed by atoms with van der Waals surface area (Å²) in [6.45, 7) is 0.497. The van der Waals surface area contributed by atoms with Gasteiger partial charge in [-0.1, -0.05) is 0 Å². The zero-order valence-corrected chi connectivity index (χ0v) is 10.8. The van der Waals surface area contributed by atoms with Crippen molar-refractivity contribution in [2.45, 2.75) is 6.42 Å². The molecule has 0 aliphatic carbocycles. The third-order valence-electron chi connectivity index (χ3n) is 3.19. The van der Waals surface area contributed by atoms with Crippen molar-refractivity contribution in [3.05, 3.63) is 12.1 Å². The molecular formula is C12H11N5O4. The number of aliphatic carboxylic acids is 1. The highest BCUT2D eigenvalue weighted by Gasteiger charge is 2.18. The monoisotopic (exact) mass is 289 g/mol. The Hall–Kier alpha value is -2.97. The van der Waals surface area contributed by atoms with Gasteiger partial charge in [0.25, 0.3) is 5.78 Å². The van der Waals surface area contributed by atoms with Gasteiger partial charge in [-0.3, -0.25) is 9.89 Å². The Morgan fingerprint density at radius 2 is 2.19 bits per heavy atom. The van der Waals surface area contributed by atoms with Crippen LogP contribution < -0.4 is 14.8 Å². The van der Waals surface area contributed by atoms with Crippen molar-refractivity contribution in [3.8, 4) is 11.5 Å². The Morgan fingerprint density at radius 1 is 1.38 bits per heavy atom. The maximum atomic E-state index is 10.5. The third kappa shape index (κ3) is 1.90. The van der Waals surface area contributed by atoms with E-state index in [-0.39, 0.29) is 19.8 Å². The van der Waals surface area contributed by atoms with Crippen LogP contribution in [0.2, 0.25) is 0 Å². The molecule has 1 aliphatic heterocycles. The quantitative estimate of drug-likeness (QED) is 0.651. The number of imidazole rings is 1. The van der Waals surface area contributed by atoms with Crippen molar-refractivity contribution in [2.75, 3.05) is 18.7 Å². The van der Waals surface area contributed by atoms with E-state index in [2.05, 4.69) is 20.4 Å². The van der Waals surface area contributed by atoms with Crippen LogP contribution in [0.3, 0.4) is 0 Å². The lowest BCUT2D eigenvalue weighted by Crippen LogP contribution is -2.08. The molecule has 0 fully saturated rings. The van der Waals surface area contributed by atoms with Crippen molar-refractivity contribution < 1.29 is 19.4 Å². The molecule has 9 nitrogen and oxygen atoms in total. The molecule has 2 aromatic heterocycles. The maximum absolute atomic E-state index is 10.5. The van der Waals surface area contributed by atoms with Crippen LogP contribution in [-0.2, 0) is 4.79 Å². The van der Waals surface area contributed by atoms with Crippen LogP contribution in [0.1, 0.15) is 6.42 Å². The van der Waals surface area contributed by atoms with Gasteiger partial charge in [0, 0.05) is 18.7 Å². The SMILES string of the molecule is O=C(O)CCNc1nc2nc3cc4c(cc3n2[nH]1)OCO4. The van der Waals surface area contributed by atoms with Gasteiger partial charge in [-0.15, -0.1) is 0 Å². The Labute approximate surface area is 117 Å². The highest BCUT2D eigenvalue weighted by Crippen LogP contribution is 2.35. The van der Waals surface area contributed by atoms with E-state index in [0.29, 0.717) is 23.2 Å². The van der Waals surface area contributed by atoms with E-state index in [0.717, 1.165) is 11.0 Å². The topological polar surface area (TPSA) is 114 Å². The lowest BCUT2D eigenvalue weighted by molar-refractivity contribution is -0.136. The maximum Gasteiger partial charge on any atom is 0.305 e. The molecule has 0 radical (unpaired) electrons. The Kier molecular flexibility index (Phi) is 2.40. The fourth-order valence-electron chi connectivity index (χ4n) is 2.24. The van der Waals surface area contributed by atoms with Gasteiger partial charge in [0.05, 0.1) is 17.5 Å². The zero-order chi connectivity index (χ0) is 14.4. The van der Waals surface area contributed by atoms with Gasteiger partial charge < -0.3 is 19.9 Å². The van der Waals surface area contributed by atoms with E-state index in [1.807, 2.05) is 6.07 Å². The van der Waals surface area contributed by atoms with E-state index in [9.17, 15) is 4.79 Å². The molecule has 21 heavy (non-hydrogen) atoms. The van der Waals surface area contributed by atoms with Crippen molar-refractivity contribution in [2.24, 2.45) is 0 Å². The predicted octanol–water partition coefficient (Wildman–Crippen LogP) is 0.826. The van der Waals surface area contributed by atoms with Crippen LogP contribution in [0.15, 0.2) is 12.1 Å². The highest BCUT2D eigenvalue weighted by atomic mass is 16.7. The smallest absolute Gasteiger partial charge is 0.305 e. The van der Waals surface area contributed by atoms with E-state index >= 15 is 0 Å². The first-order chi connectivity index (χ1) is 10.2. The Morgan fingerprint density at radius 3 is 3.00 bits per heavy atom. The van der Waals surface area contributed by atoms with Crippen LogP contribution >= 0.6 is 0 Å². The minimum absolute atomic E-state index is 0.0163. The summed E-state index contributed by atoms with van der Waals surface area (Å²) < 4.78 is 12.4. The van der Waals surface area contributed by atoms with E-state index in [4.69, 9.17) is 14.6 Å². The number of ether oxygens (including phenoxy) is 2. The third-order valence-corrected chi connectivity index (χ3v) is 3.19. The number of carbonyl (C=O) groups is 1. The summed E-state index contributed by atoms with van der Waals surface area (Å²) in [6, 6.07) is 3.63. The normalized spacial score (nSPS) is 13.1. The molecule has 3 heterocycles. The molecule has 108 valence electrons. The minimum atomic E-state index is -0.864. The second-order valence-electron chi connectivity index (χ2n) is 4.58. The molecule has 0 saturated heterocycles. The predicted molar refractivity (Wildman–Crippen MR) is 71.7 cm³/mol. The fourth-order valence-corrected chi connectivity index (χ4v) is 2.24. The zero-order valence-electron chi connectivity index (χ0n) is 10.8. The Balaban J connectivity index is 1.70. The number of carboxylic acids is 1. The number of hydrogen-bond donors (Lipinski definition) is 3. The number of rotatable bonds is 4. The van der Waals surface area contributed by atoms with Gasteiger partial charge in [0.15, 0.2) is 11.5 Å². The highest BCUT2D eigenvalue weighted by molar-refractivity contribution is 5.83. The number of benzene rings is 1. The summed E-state index contributed by atoms with van der Waals surface area (Å²) in [6.07, 6.45) is 0.0163.